The van der Waals surface area contributed by atoms with E-state index in [-0.39, 0.29) is 19.0 Å². The molecule has 2 aromatic rings. The minimum atomic E-state index is -0.245. The molecule has 2 aromatic carbocycles. The summed E-state index contributed by atoms with van der Waals surface area (Å²) in [5.74, 6) is 1.45. The third kappa shape index (κ3) is 5.54. The number of benzene rings is 2. The van der Waals surface area contributed by atoms with Crippen LogP contribution in [0.25, 0.3) is 0 Å². The number of likely N-dealkylation sites (tertiary alicyclic amines) is 1. The van der Waals surface area contributed by atoms with E-state index in [0.29, 0.717) is 12.5 Å². The summed E-state index contributed by atoms with van der Waals surface area (Å²) in [7, 11) is 0. The molecule has 2 aliphatic rings. The molecular formula is C25H31NO4. The molecule has 1 saturated carbocycles. The number of ether oxygens (including phenoxy) is 3. The molecule has 160 valence electrons. The van der Waals surface area contributed by atoms with Crippen LogP contribution in [0, 0.1) is 0 Å². The molecule has 0 spiro atoms. The molecule has 5 nitrogen and oxygen atoms in total. The van der Waals surface area contributed by atoms with E-state index < -0.39 is 0 Å². The van der Waals surface area contributed by atoms with Gasteiger partial charge in [0.1, 0.15) is 12.4 Å². The highest BCUT2D eigenvalue weighted by Gasteiger charge is 2.26. The Morgan fingerprint density at radius 2 is 1.60 bits per heavy atom. The van der Waals surface area contributed by atoms with E-state index in [2.05, 4.69) is 30.3 Å². The fourth-order valence-electron chi connectivity index (χ4n) is 4.40. The third-order valence-corrected chi connectivity index (χ3v) is 6.12. The molecule has 0 bridgehead atoms. The maximum absolute atomic E-state index is 11.9. The summed E-state index contributed by atoms with van der Waals surface area (Å²) >= 11 is 0. The normalized spacial score (nSPS) is 21.4. The standard InChI is InChI=1S/C25H31NO4/c27-25(26-16-6-7-17-26)30-19-29-22-14-12-21(13-15-22)23-10-4-5-11-24(23)28-18-20-8-2-1-3-9-20/h1-5,8-11,21-22H,6-7,12-19H2. The second kappa shape index (κ2) is 10.5. The Labute approximate surface area is 178 Å². The van der Waals surface area contributed by atoms with Gasteiger partial charge < -0.3 is 19.1 Å². The van der Waals surface area contributed by atoms with Crippen molar-refractivity contribution >= 4 is 6.09 Å². The minimum Gasteiger partial charge on any atom is -0.489 e. The molecule has 0 radical (unpaired) electrons. The molecule has 0 atom stereocenters. The minimum absolute atomic E-state index is 0.0570. The number of rotatable bonds is 7. The number of carbonyl (C=O) groups excluding carboxylic acids is 1. The SMILES string of the molecule is O=C(OCOC1CCC(c2ccccc2OCc2ccccc2)CC1)N1CCCC1. The number of nitrogens with zero attached hydrogens (tertiary/aromatic N) is 1. The van der Waals surface area contributed by atoms with E-state index >= 15 is 0 Å². The number of hydrogen-bond donors (Lipinski definition) is 0. The highest BCUT2D eigenvalue weighted by molar-refractivity contribution is 5.67. The van der Waals surface area contributed by atoms with E-state index in [9.17, 15) is 4.79 Å². The van der Waals surface area contributed by atoms with Crippen LogP contribution in [0.15, 0.2) is 54.6 Å². The van der Waals surface area contributed by atoms with Crippen molar-refractivity contribution in [3.05, 3.63) is 65.7 Å². The summed E-state index contributed by atoms with van der Waals surface area (Å²) in [5, 5.41) is 0. The average Bonchev–Trinajstić information content (AvgIpc) is 3.34. The zero-order valence-electron chi connectivity index (χ0n) is 17.5. The van der Waals surface area contributed by atoms with Gasteiger partial charge in [0.2, 0.25) is 0 Å². The zero-order chi connectivity index (χ0) is 20.6. The van der Waals surface area contributed by atoms with Gasteiger partial charge in [0.15, 0.2) is 6.79 Å². The van der Waals surface area contributed by atoms with E-state index in [1.54, 1.807) is 4.90 Å². The monoisotopic (exact) mass is 409 g/mol. The van der Waals surface area contributed by atoms with Gasteiger partial charge >= 0.3 is 6.09 Å². The van der Waals surface area contributed by atoms with Crippen molar-refractivity contribution in [3.63, 3.8) is 0 Å². The summed E-state index contributed by atoms with van der Waals surface area (Å²) < 4.78 is 17.3. The van der Waals surface area contributed by atoms with Gasteiger partial charge in [-0.05, 0) is 61.6 Å². The van der Waals surface area contributed by atoms with Gasteiger partial charge in [0.25, 0.3) is 0 Å². The van der Waals surface area contributed by atoms with Gasteiger partial charge in [-0.2, -0.15) is 0 Å². The summed E-state index contributed by atoms with van der Waals surface area (Å²) in [6, 6.07) is 18.6. The van der Waals surface area contributed by atoms with Crippen molar-refractivity contribution in [1.82, 2.24) is 4.90 Å². The largest absolute Gasteiger partial charge is 0.489 e. The molecular weight excluding hydrogens is 378 g/mol. The first-order valence-corrected chi connectivity index (χ1v) is 11.1. The second-order valence-electron chi connectivity index (χ2n) is 8.17. The first-order valence-electron chi connectivity index (χ1n) is 11.1. The first-order chi connectivity index (χ1) is 14.8. The Bertz CT molecular complexity index is 796. The van der Waals surface area contributed by atoms with Gasteiger partial charge in [-0.1, -0.05) is 48.5 Å². The van der Waals surface area contributed by atoms with Crippen molar-refractivity contribution in [1.29, 1.82) is 0 Å². The summed E-state index contributed by atoms with van der Waals surface area (Å²) in [6.07, 6.45) is 6.09. The molecule has 1 heterocycles. The number of hydrogen-bond acceptors (Lipinski definition) is 4. The van der Waals surface area contributed by atoms with Crippen LogP contribution in [0.4, 0.5) is 4.79 Å². The van der Waals surface area contributed by atoms with Crippen molar-refractivity contribution in [2.75, 3.05) is 19.9 Å². The van der Waals surface area contributed by atoms with Gasteiger partial charge in [-0.15, -0.1) is 0 Å². The maximum atomic E-state index is 11.9. The lowest BCUT2D eigenvalue weighted by Gasteiger charge is -2.29. The van der Waals surface area contributed by atoms with Gasteiger partial charge in [0, 0.05) is 13.1 Å². The molecule has 2 fully saturated rings. The van der Waals surface area contributed by atoms with Gasteiger partial charge in [-0.3, -0.25) is 0 Å². The van der Waals surface area contributed by atoms with E-state index in [1.807, 2.05) is 24.3 Å². The number of carbonyl (C=O) groups is 1. The smallest absolute Gasteiger partial charge is 0.411 e. The van der Waals surface area contributed by atoms with Crippen LogP contribution in [0.2, 0.25) is 0 Å². The summed E-state index contributed by atoms with van der Waals surface area (Å²) in [6.45, 7) is 2.24. The predicted molar refractivity (Wildman–Crippen MR) is 115 cm³/mol. The Morgan fingerprint density at radius 1 is 0.900 bits per heavy atom. The lowest BCUT2D eigenvalue weighted by Crippen LogP contribution is -2.30. The Morgan fingerprint density at radius 3 is 2.37 bits per heavy atom. The molecule has 1 saturated heterocycles. The van der Waals surface area contributed by atoms with E-state index in [0.717, 1.165) is 57.4 Å². The number of amides is 1. The van der Waals surface area contributed by atoms with Crippen LogP contribution in [0.1, 0.15) is 55.6 Å². The number of para-hydroxylation sites is 1. The zero-order valence-corrected chi connectivity index (χ0v) is 17.5. The van der Waals surface area contributed by atoms with E-state index in [4.69, 9.17) is 14.2 Å². The highest BCUT2D eigenvalue weighted by Crippen LogP contribution is 2.38. The van der Waals surface area contributed by atoms with Crippen molar-refractivity contribution in [2.24, 2.45) is 0 Å². The Kier molecular flexibility index (Phi) is 7.25. The fraction of sp³-hybridized carbons (Fsp3) is 0.480. The fourth-order valence-corrected chi connectivity index (χ4v) is 4.40. The topological polar surface area (TPSA) is 48.0 Å². The van der Waals surface area contributed by atoms with E-state index in [1.165, 1.54) is 11.1 Å². The quantitative estimate of drug-likeness (QED) is 0.567. The van der Waals surface area contributed by atoms with Crippen molar-refractivity contribution < 1.29 is 19.0 Å². The maximum Gasteiger partial charge on any atom is 0.411 e. The van der Waals surface area contributed by atoms with Crippen LogP contribution in [0.3, 0.4) is 0 Å². The van der Waals surface area contributed by atoms with Crippen LogP contribution < -0.4 is 4.74 Å². The lowest BCUT2D eigenvalue weighted by atomic mass is 9.82. The molecule has 0 N–H and O–H groups in total. The molecule has 5 heteroatoms. The molecule has 4 rings (SSSR count). The van der Waals surface area contributed by atoms with Gasteiger partial charge in [-0.25, -0.2) is 4.79 Å². The van der Waals surface area contributed by atoms with Gasteiger partial charge in [0.05, 0.1) is 6.10 Å². The Hall–Kier alpha value is -2.53. The van der Waals surface area contributed by atoms with Crippen molar-refractivity contribution in [2.45, 2.75) is 57.2 Å². The molecule has 0 aromatic heterocycles. The van der Waals surface area contributed by atoms with Crippen LogP contribution in [-0.4, -0.2) is 37.0 Å². The predicted octanol–water partition coefficient (Wildman–Crippen LogP) is 5.50. The second-order valence-corrected chi connectivity index (χ2v) is 8.17. The first kappa shape index (κ1) is 20.7. The average molecular weight is 410 g/mol. The molecule has 1 aliphatic heterocycles. The molecule has 1 aliphatic carbocycles. The summed E-state index contributed by atoms with van der Waals surface area (Å²) in [4.78, 5) is 13.7. The van der Waals surface area contributed by atoms with Crippen LogP contribution in [-0.2, 0) is 16.1 Å². The lowest BCUT2D eigenvalue weighted by molar-refractivity contribution is -0.0757. The molecule has 1 amide bonds. The molecule has 0 unspecified atom stereocenters. The molecule has 30 heavy (non-hydrogen) atoms. The highest BCUT2D eigenvalue weighted by atomic mass is 16.7. The van der Waals surface area contributed by atoms with Crippen LogP contribution in [0.5, 0.6) is 5.75 Å². The summed E-state index contributed by atoms with van der Waals surface area (Å²) in [5.41, 5.74) is 2.46. The van der Waals surface area contributed by atoms with Crippen LogP contribution >= 0.6 is 0 Å². The van der Waals surface area contributed by atoms with Crippen molar-refractivity contribution in [3.8, 4) is 5.75 Å². The third-order valence-electron chi connectivity index (χ3n) is 6.12. The Balaban J connectivity index is 1.23.